The maximum absolute atomic E-state index is 12.1. The monoisotopic (exact) mass is 323 g/mol. The van der Waals surface area contributed by atoms with Crippen LogP contribution in [0.4, 0.5) is 5.69 Å². The highest BCUT2D eigenvalue weighted by molar-refractivity contribution is 7.86. The minimum absolute atomic E-state index is 0.291. The number of halogens is 1. The van der Waals surface area contributed by atoms with Crippen LogP contribution in [0.1, 0.15) is 13.3 Å². The van der Waals surface area contributed by atoms with E-state index >= 15 is 0 Å². The Hall–Kier alpha value is -1.85. The number of esters is 1. The van der Waals surface area contributed by atoms with Crippen LogP contribution in [0.5, 0.6) is 5.75 Å². The lowest BCUT2D eigenvalue weighted by Gasteiger charge is -2.07. The van der Waals surface area contributed by atoms with E-state index in [4.69, 9.17) is 16.3 Å². The smallest absolute Gasteiger partial charge is 0.310 e. The standard InChI is InChI=1S/C15H14ClNO3S/c1-2-15(18)20-13-7-5-12(6-8-13)17-21(19)14-9-3-11(16)4-10-14/h3-10,17H,2H2,1H3. The molecule has 0 saturated carbocycles. The van der Waals surface area contributed by atoms with Crippen LogP contribution in [0, 0.1) is 0 Å². The zero-order valence-corrected chi connectivity index (χ0v) is 12.9. The summed E-state index contributed by atoms with van der Waals surface area (Å²) in [4.78, 5) is 11.8. The molecular weight excluding hydrogens is 310 g/mol. The van der Waals surface area contributed by atoms with E-state index in [0.717, 1.165) is 0 Å². The van der Waals surface area contributed by atoms with E-state index in [-0.39, 0.29) is 5.97 Å². The Kier molecular flexibility index (Phi) is 5.36. The van der Waals surface area contributed by atoms with Crippen molar-refractivity contribution in [2.75, 3.05) is 4.72 Å². The zero-order valence-electron chi connectivity index (χ0n) is 11.3. The molecule has 0 radical (unpaired) electrons. The predicted molar refractivity (Wildman–Crippen MR) is 83.9 cm³/mol. The van der Waals surface area contributed by atoms with Crippen molar-refractivity contribution in [1.29, 1.82) is 0 Å². The predicted octanol–water partition coefficient (Wildman–Crippen LogP) is 3.79. The molecular formula is C15H14ClNO3S. The van der Waals surface area contributed by atoms with Crippen LogP contribution in [0.3, 0.4) is 0 Å². The van der Waals surface area contributed by atoms with Crippen LogP contribution < -0.4 is 9.46 Å². The fourth-order valence-corrected chi connectivity index (χ4v) is 2.50. The molecule has 0 bridgehead atoms. The van der Waals surface area contributed by atoms with Gasteiger partial charge in [0.2, 0.25) is 0 Å². The van der Waals surface area contributed by atoms with Gasteiger partial charge in [-0.05, 0) is 48.5 Å². The highest BCUT2D eigenvalue weighted by atomic mass is 35.5. The van der Waals surface area contributed by atoms with E-state index in [1.807, 2.05) is 0 Å². The Morgan fingerprint density at radius 3 is 2.33 bits per heavy atom. The van der Waals surface area contributed by atoms with Gasteiger partial charge in [-0.1, -0.05) is 18.5 Å². The molecule has 0 aliphatic rings. The Labute approximate surface area is 130 Å². The molecule has 0 aliphatic carbocycles. The second-order valence-corrected chi connectivity index (χ2v) is 5.83. The minimum atomic E-state index is -1.38. The van der Waals surface area contributed by atoms with Gasteiger partial charge in [0.1, 0.15) is 16.7 Å². The van der Waals surface area contributed by atoms with Gasteiger partial charge >= 0.3 is 5.97 Å². The molecule has 1 unspecified atom stereocenters. The quantitative estimate of drug-likeness (QED) is 0.672. The summed E-state index contributed by atoms with van der Waals surface area (Å²) in [6.45, 7) is 1.73. The second-order valence-electron chi connectivity index (χ2n) is 4.18. The summed E-state index contributed by atoms with van der Waals surface area (Å²) in [6, 6.07) is 13.5. The summed E-state index contributed by atoms with van der Waals surface area (Å²) in [6.07, 6.45) is 0.320. The molecule has 6 heteroatoms. The second kappa shape index (κ2) is 7.24. The van der Waals surface area contributed by atoms with E-state index in [2.05, 4.69) is 4.72 Å². The van der Waals surface area contributed by atoms with E-state index < -0.39 is 11.0 Å². The van der Waals surface area contributed by atoms with Crippen molar-refractivity contribution in [3.63, 3.8) is 0 Å². The van der Waals surface area contributed by atoms with Crippen LogP contribution in [-0.2, 0) is 15.8 Å². The van der Waals surface area contributed by atoms with Gasteiger partial charge < -0.3 is 9.46 Å². The molecule has 0 aromatic heterocycles. The fourth-order valence-electron chi connectivity index (χ4n) is 1.52. The molecule has 0 fully saturated rings. The number of hydrogen-bond donors (Lipinski definition) is 1. The molecule has 1 atom stereocenters. The third-order valence-corrected chi connectivity index (χ3v) is 3.99. The van der Waals surface area contributed by atoms with Gasteiger partial charge in [-0.2, -0.15) is 0 Å². The van der Waals surface area contributed by atoms with Crippen molar-refractivity contribution in [3.8, 4) is 5.75 Å². The third-order valence-electron chi connectivity index (χ3n) is 2.61. The molecule has 0 amide bonds. The number of rotatable bonds is 5. The summed E-state index contributed by atoms with van der Waals surface area (Å²) in [7, 11) is -1.38. The number of ether oxygens (including phenoxy) is 1. The Balaban J connectivity index is 2.01. The summed E-state index contributed by atoms with van der Waals surface area (Å²) in [5, 5.41) is 0.595. The van der Waals surface area contributed by atoms with Gasteiger partial charge in [0.15, 0.2) is 0 Å². The van der Waals surface area contributed by atoms with Crippen LogP contribution >= 0.6 is 11.6 Å². The first-order valence-corrected chi connectivity index (χ1v) is 7.86. The third kappa shape index (κ3) is 4.58. The van der Waals surface area contributed by atoms with E-state index in [1.54, 1.807) is 55.5 Å². The number of hydrogen-bond acceptors (Lipinski definition) is 3. The number of benzene rings is 2. The Morgan fingerprint density at radius 1 is 1.14 bits per heavy atom. The number of anilines is 1. The lowest BCUT2D eigenvalue weighted by molar-refractivity contribution is -0.134. The average molecular weight is 324 g/mol. The molecule has 0 heterocycles. The highest BCUT2D eigenvalue weighted by Crippen LogP contribution is 2.19. The van der Waals surface area contributed by atoms with Crippen LogP contribution in [0.25, 0.3) is 0 Å². The molecule has 0 aliphatic heterocycles. The number of carbonyl (C=O) groups excluding carboxylic acids is 1. The molecule has 2 rings (SSSR count). The molecule has 2 aromatic carbocycles. The first-order valence-electron chi connectivity index (χ1n) is 6.33. The lowest BCUT2D eigenvalue weighted by Crippen LogP contribution is -2.06. The molecule has 0 saturated heterocycles. The highest BCUT2D eigenvalue weighted by Gasteiger charge is 2.05. The van der Waals surface area contributed by atoms with Crippen molar-refractivity contribution in [1.82, 2.24) is 0 Å². The summed E-state index contributed by atoms with van der Waals surface area (Å²) in [5.41, 5.74) is 0.666. The first kappa shape index (κ1) is 15.5. The molecule has 21 heavy (non-hydrogen) atoms. The minimum Gasteiger partial charge on any atom is -0.427 e. The summed E-state index contributed by atoms with van der Waals surface area (Å²) < 4.78 is 20.0. The van der Waals surface area contributed by atoms with E-state index in [9.17, 15) is 9.00 Å². The number of nitrogens with one attached hydrogen (secondary N) is 1. The lowest BCUT2D eigenvalue weighted by atomic mass is 10.3. The van der Waals surface area contributed by atoms with Gasteiger partial charge in [-0.15, -0.1) is 0 Å². The number of carbonyl (C=O) groups is 1. The summed E-state index contributed by atoms with van der Waals surface area (Å²) >= 11 is 5.79. The van der Waals surface area contributed by atoms with Gasteiger partial charge in [0, 0.05) is 17.1 Å². The first-order chi connectivity index (χ1) is 10.1. The van der Waals surface area contributed by atoms with Gasteiger partial charge in [-0.3, -0.25) is 4.79 Å². The summed E-state index contributed by atoms with van der Waals surface area (Å²) in [5.74, 6) is 0.171. The maximum Gasteiger partial charge on any atom is 0.310 e. The zero-order chi connectivity index (χ0) is 15.2. The van der Waals surface area contributed by atoms with E-state index in [0.29, 0.717) is 27.8 Å². The van der Waals surface area contributed by atoms with Gasteiger partial charge in [0.25, 0.3) is 0 Å². The van der Waals surface area contributed by atoms with Crippen LogP contribution in [-0.4, -0.2) is 10.2 Å². The largest absolute Gasteiger partial charge is 0.427 e. The Bertz CT molecular complexity index is 641. The molecule has 1 N–H and O–H groups in total. The van der Waals surface area contributed by atoms with Crippen LogP contribution in [0.15, 0.2) is 53.4 Å². The molecule has 4 nitrogen and oxygen atoms in total. The normalized spacial score (nSPS) is 11.7. The SMILES string of the molecule is CCC(=O)Oc1ccc(NS(=O)c2ccc(Cl)cc2)cc1. The molecule has 0 spiro atoms. The van der Waals surface area contributed by atoms with Gasteiger partial charge in [0.05, 0.1) is 4.90 Å². The van der Waals surface area contributed by atoms with Crippen molar-refractivity contribution in [3.05, 3.63) is 53.6 Å². The van der Waals surface area contributed by atoms with E-state index in [1.165, 1.54) is 0 Å². The Morgan fingerprint density at radius 2 is 1.76 bits per heavy atom. The van der Waals surface area contributed by atoms with Crippen molar-refractivity contribution in [2.45, 2.75) is 18.2 Å². The van der Waals surface area contributed by atoms with Crippen molar-refractivity contribution >= 4 is 34.2 Å². The van der Waals surface area contributed by atoms with Crippen LogP contribution in [0.2, 0.25) is 5.02 Å². The van der Waals surface area contributed by atoms with Gasteiger partial charge in [-0.25, -0.2) is 4.21 Å². The molecule has 110 valence electrons. The average Bonchev–Trinajstić information content (AvgIpc) is 2.49. The fraction of sp³-hybridized carbons (Fsp3) is 0.133. The maximum atomic E-state index is 12.1. The molecule has 2 aromatic rings. The van der Waals surface area contributed by atoms with Crippen molar-refractivity contribution in [2.24, 2.45) is 0 Å². The topological polar surface area (TPSA) is 55.4 Å². The van der Waals surface area contributed by atoms with Crippen molar-refractivity contribution < 1.29 is 13.7 Å².